The largest absolute Gasteiger partial charge is 0.492 e. The smallest absolute Gasteiger partial charge is 0.197 e. The first kappa shape index (κ1) is 14.1. The third-order valence-corrected chi connectivity index (χ3v) is 3.54. The summed E-state index contributed by atoms with van der Waals surface area (Å²) in [5, 5.41) is 3.28. The van der Waals surface area contributed by atoms with Crippen LogP contribution >= 0.6 is 0 Å². The van der Waals surface area contributed by atoms with Crippen molar-refractivity contribution in [3.63, 3.8) is 0 Å². The minimum atomic E-state index is -0.734. The van der Waals surface area contributed by atoms with Crippen LogP contribution in [-0.4, -0.2) is 27.3 Å². The maximum atomic E-state index is 14.0. The van der Waals surface area contributed by atoms with Gasteiger partial charge in [0.05, 0.1) is 14.2 Å². The molecule has 2 rings (SSSR count). The van der Waals surface area contributed by atoms with Crippen molar-refractivity contribution in [3.05, 3.63) is 23.3 Å². The molecule has 3 nitrogen and oxygen atoms in total. The third-order valence-electron chi connectivity index (χ3n) is 3.54. The number of hydrogen-bond acceptors (Lipinski definition) is 3. The number of benzene rings is 1. The first-order valence-electron chi connectivity index (χ1n) is 6.47. The van der Waals surface area contributed by atoms with Gasteiger partial charge in [-0.05, 0) is 38.3 Å². The van der Waals surface area contributed by atoms with Gasteiger partial charge in [0.2, 0.25) is 0 Å². The standard InChI is InChI=1S/C14H19F2NO2/c1-18-13-10(6-9-4-3-5-17-8-9)11(15)7-12(16)14(13)19-2/h7,9,17H,3-6,8H2,1-2H3. The summed E-state index contributed by atoms with van der Waals surface area (Å²) in [5.74, 6) is -0.816. The molecule has 0 radical (unpaired) electrons. The van der Waals surface area contributed by atoms with Crippen LogP contribution in [0, 0.1) is 17.6 Å². The summed E-state index contributed by atoms with van der Waals surface area (Å²) in [4.78, 5) is 0. The Labute approximate surface area is 111 Å². The Morgan fingerprint density at radius 3 is 2.53 bits per heavy atom. The number of ether oxygens (including phenoxy) is 2. The van der Waals surface area contributed by atoms with Crippen molar-refractivity contribution >= 4 is 0 Å². The molecule has 1 fully saturated rings. The van der Waals surface area contributed by atoms with Crippen molar-refractivity contribution in [2.24, 2.45) is 5.92 Å². The predicted molar refractivity (Wildman–Crippen MR) is 68.8 cm³/mol. The molecule has 0 spiro atoms. The number of hydrogen-bond donors (Lipinski definition) is 1. The Morgan fingerprint density at radius 1 is 1.21 bits per heavy atom. The maximum absolute atomic E-state index is 14.0. The summed E-state index contributed by atoms with van der Waals surface area (Å²) in [5.41, 5.74) is 0.398. The molecule has 1 aromatic rings. The summed E-state index contributed by atoms with van der Waals surface area (Å²) >= 11 is 0. The summed E-state index contributed by atoms with van der Waals surface area (Å²) in [6.07, 6.45) is 2.64. The van der Waals surface area contributed by atoms with Crippen LogP contribution in [0.1, 0.15) is 18.4 Å². The maximum Gasteiger partial charge on any atom is 0.197 e. The van der Waals surface area contributed by atoms with E-state index in [0.717, 1.165) is 32.0 Å². The lowest BCUT2D eigenvalue weighted by molar-refractivity contribution is 0.321. The van der Waals surface area contributed by atoms with Gasteiger partial charge in [-0.15, -0.1) is 0 Å². The molecule has 1 N–H and O–H groups in total. The molecule has 1 aliphatic heterocycles. The van der Waals surface area contributed by atoms with E-state index in [9.17, 15) is 8.78 Å². The SMILES string of the molecule is COc1c(F)cc(F)c(CC2CCCNC2)c1OC. The second kappa shape index (κ2) is 6.19. The molecule has 1 unspecified atom stereocenters. The lowest BCUT2D eigenvalue weighted by atomic mass is 9.91. The quantitative estimate of drug-likeness (QED) is 0.912. The minimum Gasteiger partial charge on any atom is -0.492 e. The molecule has 1 aromatic carbocycles. The van der Waals surface area contributed by atoms with Gasteiger partial charge in [0.15, 0.2) is 17.3 Å². The Balaban J connectivity index is 2.32. The predicted octanol–water partition coefficient (Wildman–Crippen LogP) is 2.52. The van der Waals surface area contributed by atoms with E-state index >= 15 is 0 Å². The van der Waals surface area contributed by atoms with Crippen LogP contribution in [0.25, 0.3) is 0 Å². The Morgan fingerprint density at radius 2 is 1.95 bits per heavy atom. The average Bonchev–Trinajstić information content (AvgIpc) is 2.42. The number of nitrogens with one attached hydrogen (secondary N) is 1. The van der Waals surface area contributed by atoms with Crippen LogP contribution in [0.15, 0.2) is 6.07 Å². The van der Waals surface area contributed by atoms with Crippen LogP contribution in [0.4, 0.5) is 8.78 Å². The zero-order chi connectivity index (χ0) is 13.8. The fraction of sp³-hybridized carbons (Fsp3) is 0.571. The zero-order valence-corrected chi connectivity index (χ0v) is 11.3. The molecule has 1 heterocycles. The molecule has 5 heteroatoms. The van der Waals surface area contributed by atoms with Gasteiger partial charge < -0.3 is 14.8 Å². The van der Waals surface area contributed by atoms with E-state index in [1.165, 1.54) is 14.2 Å². The Kier molecular flexibility index (Phi) is 4.58. The molecule has 1 saturated heterocycles. The molecular formula is C14H19F2NO2. The zero-order valence-electron chi connectivity index (χ0n) is 11.3. The highest BCUT2D eigenvalue weighted by Crippen LogP contribution is 2.37. The van der Waals surface area contributed by atoms with Gasteiger partial charge in [-0.3, -0.25) is 0 Å². The first-order valence-corrected chi connectivity index (χ1v) is 6.47. The van der Waals surface area contributed by atoms with E-state index in [1.807, 2.05) is 0 Å². The monoisotopic (exact) mass is 271 g/mol. The van der Waals surface area contributed by atoms with Crippen LogP contribution in [0.2, 0.25) is 0 Å². The number of piperidine rings is 1. The van der Waals surface area contributed by atoms with Crippen molar-refractivity contribution in [1.29, 1.82) is 0 Å². The summed E-state index contributed by atoms with van der Waals surface area (Å²) in [7, 11) is 2.75. The molecule has 0 bridgehead atoms. The van der Waals surface area contributed by atoms with Crippen LogP contribution in [0.5, 0.6) is 11.5 Å². The lowest BCUT2D eigenvalue weighted by Gasteiger charge is -2.24. The highest BCUT2D eigenvalue weighted by molar-refractivity contribution is 5.48. The van der Waals surface area contributed by atoms with Gasteiger partial charge in [-0.2, -0.15) is 0 Å². The van der Waals surface area contributed by atoms with Crippen molar-refractivity contribution in [2.45, 2.75) is 19.3 Å². The molecule has 19 heavy (non-hydrogen) atoms. The van der Waals surface area contributed by atoms with Crippen LogP contribution in [0.3, 0.4) is 0 Å². The number of halogens is 2. The van der Waals surface area contributed by atoms with E-state index in [4.69, 9.17) is 9.47 Å². The second-order valence-corrected chi connectivity index (χ2v) is 4.80. The van der Waals surface area contributed by atoms with Gasteiger partial charge >= 0.3 is 0 Å². The summed E-state index contributed by atoms with van der Waals surface area (Å²) in [6, 6.07) is 0.868. The van der Waals surface area contributed by atoms with Crippen LogP contribution in [-0.2, 0) is 6.42 Å². The Bertz CT molecular complexity index is 446. The van der Waals surface area contributed by atoms with E-state index in [1.54, 1.807) is 0 Å². The average molecular weight is 271 g/mol. The van der Waals surface area contributed by atoms with E-state index in [-0.39, 0.29) is 11.5 Å². The third kappa shape index (κ3) is 2.97. The molecule has 1 atom stereocenters. The normalized spacial score (nSPS) is 19.3. The summed E-state index contributed by atoms with van der Waals surface area (Å²) in [6.45, 7) is 1.85. The molecule has 1 aliphatic rings. The van der Waals surface area contributed by atoms with Crippen molar-refractivity contribution in [2.75, 3.05) is 27.3 Å². The molecule has 0 saturated carbocycles. The van der Waals surface area contributed by atoms with Crippen LogP contribution < -0.4 is 14.8 Å². The highest BCUT2D eigenvalue weighted by Gasteiger charge is 2.23. The van der Waals surface area contributed by atoms with Crippen molar-refractivity contribution in [1.82, 2.24) is 5.32 Å². The second-order valence-electron chi connectivity index (χ2n) is 4.80. The highest BCUT2D eigenvalue weighted by atomic mass is 19.1. The minimum absolute atomic E-state index is 0.0253. The Hall–Kier alpha value is -1.36. The molecule has 0 amide bonds. The van der Waals surface area contributed by atoms with Gasteiger partial charge in [0, 0.05) is 11.6 Å². The van der Waals surface area contributed by atoms with E-state index < -0.39 is 11.6 Å². The molecule has 0 aliphatic carbocycles. The van der Waals surface area contributed by atoms with E-state index in [2.05, 4.69) is 5.32 Å². The topological polar surface area (TPSA) is 30.5 Å². The summed E-state index contributed by atoms with van der Waals surface area (Å²) < 4.78 is 37.7. The van der Waals surface area contributed by atoms with E-state index in [0.29, 0.717) is 17.9 Å². The first-order chi connectivity index (χ1) is 9.17. The van der Waals surface area contributed by atoms with Crippen molar-refractivity contribution in [3.8, 4) is 11.5 Å². The van der Waals surface area contributed by atoms with Crippen molar-refractivity contribution < 1.29 is 18.3 Å². The lowest BCUT2D eigenvalue weighted by Crippen LogP contribution is -2.31. The van der Waals surface area contributed by atoms with Gasteiger partial charge in [-0.1, -0.05) is 0 Å². The fourth-order valence-electron chi connectivity index (χ4n) is 2.60. The van der Waals surface area contributed by atoms with Gasteiger partial charge in [0.25, 0.3) is 0 Å². The molecule has 106 valence electrons. The van der Waals surface area contributed by atoms with Gasteiger partial charge in [-0.25, -0.2) is 8.78 Å². The molecule has 0 aromatic heterocycles. The molecular weight excluding hydrogens is 252 g/mol. The van der Waals surface area contributed by atoms with Gasteiger partial charge in [0.1, 0.15) is 5.82 Å². The fourth-order valence-corrected chi connectivity index (χ4v) is 2.60. The number of rotatable bonds is 4. The number of methoxy groups -OCH3 is 2.